The molecule has 1 N–H and O–H groups in total. The molecule has 1 aromatic carbocycles. The molecule has 0 aliphatic heterocycles. The Hall–Kier alpha value is -1.39. The highest BCUT2D eigenvalue weighted by Crippen LogP contribution is 2.20. The number of anilines is 1. The van der Waals surface area contributed by atoms with E-state index in [4.69, 9.17) is 0 Å². The molecule has 2 aromatic rings. The molecule has 0 bridgehead atoms. The number of hydrogen-bond donors (Lipinski definition) is 1. The van der Waals surface area contributed by atoms with E-state index in [0.29, 0.717) is 0 Å². The second-order valence-corrected chi connectivity index (χ2v) is 5.57. The van der Waals surface area contributed by atoms with Crippen molar-refractivity contribution in [3.8, 4) is 0 Å². The summed E-state index contributed by atoms with van der Waals surface area (Å²) in [6.07, 6.45) is 1.98. The maximum Gasteiger partial charge on any atom is 0.182 e. The Bertz CT molecular complexity index is 481. The lowest BCUT2D eigenvalue weighted by Crippen LogP contribution is -2.21. The summed E-state index contributed by atoms with van der Waals surface area (Å²) in [4.78, 5) is 8.12. The molecule has 3 nitrogen and oxygen atoms in total. The summed E-state index contributed by atoms with van der Waals surface area (Å²) in [7, 11) is 0. The predicted molar refractivity (Wildman–Crippen MR) is 82.5 cm³/mol. The molecule has 0 spiro atoms. The first kappa shape index (κ1) is 14.0. The average Bonchev–Trinajstić information content (AvgIpc) is 2.87. The Balaban J connectivity index is 1.94. The Kier molecular flexibility index (Phi) is 5.36. The van der Waals surface area contributed by atoms with Crippen LogP contribution in [0.1, 0.15) is 24.3 Å². The average molecular weight is 275 g/mol. The Morgan fingerprint density at radius 3 is 2.63 bits per heavy atom. The van der Waals surface area contributed by atoms with E-state index < -0.39 is 0 Å². The Morgan fingerprint density at radius 1 is 1.16 bits per heavy atom. The lowest BCUT2D eigenvalue weighted by molar-refractivity contribution is 0.273. The molecule has 1 heterocycles. The van der Waals surface area contributed by atoms with Crippen LogP contribution in [0.2, 0.25) is 0 Å². The van der Waals surface area contributed by atoms with E-state index in [1.54, 1.807) is 11.3 Å². The smallest absolute Gasteiger partial charge is 0.182 e. The van der Waals surface area contributed by atoms with Crippen molar-refractivity contribution in [1.29, 1.82) is 0 Å². The Morgan fingerprint density at radius 2 is 1.95 bits per heavy atom. The van der Waals surface area contributed by atoms with E-state index in [1.165, 1.54) is 10.4 Å². The molecule has 0 unspecified atom stereocenters. The number of aromatic nitrogens is 1. The van der Waals surface area contributed by atoms with Crippen molar-refractivity contribution >= 4 is 16.5 Å². The molecule has 0 atom stereocenters. The van der Waals surface area contributed by atoms with Crippen LogP contribution in [0.15, 0.2) is 36.5 Å². The highest BCUT2D eigenvalue weighted by atomic mass is 32.1. The fourth-order valence-corrected chi connectivity index (χ4v) is 2.88. The van der Waals surface area contributed by atoms with Gasteiger partial charge in [-0.05, 0) is 19.0 Å². The zero-order chi connectivity index (χ0) is 13.5. The van der Waals surface area contributed by atoms with E-state index in [0.717, 1.165) is 31.3 Å². The fourth-order valence-electron chi connectivity index (χ4n) is 1.96. The SMILES string of the molecule is CCNc1ncc(CN(CC)Cc2ccccc2)s1. The molecule has 0 saturated heterocycles. The van der Waals surface area contributed by atoms with Crippen molar-refractivity contribution in [2.75, 3.05) is 18.4 Å². The second-order valence-electron chi connectivity index (χ2n) is 4.45. The highest BCUT2D eigenvalue weighted by molar-refractivity contribution is 7.15. The van der Waals surface area contributed by atoms with Crippen LogP contribution in [0.25, 0.3) is 0 Å². The molecule has 2 rings (SSSR count). The highest BCUT2D eigenvalue weighted by Gasteiger charge is 2.07. The van der Waals surface area contributed by atoms with E-state index in [9.17, 15) is 0 Å². The molecule has 1 aromatic heterocycles. The fraction of sp³-hybridized carbons (Fsp3) is 0.400. The minimum atomic E-state index is 0.925. The molecular formula is C15H21N3S. The van der Waals surface area contributed by atoms with E-state index in [-0.39, 0.29) is 0 Å². The summed E-state index contributed by atoms with van der Waals surface area (Å²) in [5.74, 6) is 0. The zero-order valence-electron chi connectivity index (χ0n) is 11.6. The van der Waals surface area contributed by atoms with Gasteiger partial charge >= 0.3 is 0 Å². The number of rotatable bonds is 7. The molecule has 0 fully saturated rings. The van der Waals surface area contributed by atoms with Crippen molar-refractivity contribution in [2.24, 2.45) is 0 Å². The van der Waals surface area contributed by atoms with Crippen LogP contribution in [-0.4, -0.2) is 23.0 Å². The summed E-state index contributed by atoms with van der Waals surface area (Å²) < 4.78 is 0. The molecule has 0 aliphatic carbocycles. The van der Waals surface area contributed by atoms with Gasteiger partial charge in [-0.3, -0.25) is 4.90 Å². The molecule has 19 heavy (non-hydrogen) atoms. The quantitative estimate of drug-likeness (QED) is 0.837. The number of thiazole rings is 1. The van der Waals surface area contributed by atoms with Crippen LogP contribution in [0.5, 0.6) is 0 Å². The first-order valence-corrected chi connectivity index (χ1v) is 7.58. The summed E-state index contributed by atoms with van der Waals surface area (Å²) in [5.41, 5.74) is 1.36. The molecule has 0 radical (unpaired) electrons. The monoisotopic (exact) mass is 275 g/mol. The third-order valence-electron chi connectivity index (χ3n) is 2.96. The first-order valence-electron chi connectivity index (χ1n) is 6.76. The van der Waals surface area contributed by atoms with Crippen LogP contribution in [-0.2, 0) is 13.1 Å². The molecule has 0 aliphatic rings. The topological polar surface area (TPSA) is 28.2 Å². The standard InChI is InChI=1S/C15H21N3S/c1-3-16-15-17-10-14(19-15)12-18(4-2)11-13-8-6-5-7-9-13/h5-10H,3-4,11-12H2,1-2H3,(H,16,17). The minimum Gasteiger partial charge on any atom is -0.362 e. The molecule has 0 amide bonds. The molecule has 102 valence electrons. The van der Waals surface area contributed by atoms with Gasteiger partial charge in [0.1, 0.15) is 0 Å². The van der Waals surface area contributed by atoms with Crippen molar-refractivity contribution in [1.82, 2.24) is 9.88 Å². The van der Waals surface area contributed by atoms with E-state index in [2.05, 4.69) is 59.4 Å². The molecule has 4 heteroatoms. The largest absolute Gasteiger partial charge is 0.362 e. The van der Waals surface area contributed by atoms with Crippen LogP contribution >= 0.6 is 11.3 Å². The number of benzene rings is 1. The second kappa shape index (κ2) is 7.26. The maximum atomic E-state index is 4.38. The van der Waals surface area contributed by atoms with Gasteiger partial charge in [-0.15, -0.1) is 11.3 Å². The summed E-state index contributed by atoms with van der Waals surface area (Å²) >= 11 is 1.75. The maximum absolute atomic E-state index is 4.38. The van der Waals surface area contributed by atoms with Gasteiger partial charge in [-0.25, -0.2) is 4.98 Å². The first-order chi connectivity index (χ1) is 9.31. The van der Waals surface area contributed by atoms with Gasteiger partial charge in [0.05, 0.1) is 0 Å². The summed E-state index contributed by atoms with van der Waals surface area (Å²) in [5, 5.41) is 4.28. The molecule has 0 saturated carbocycles. The van der Waals surface area contributed by atoms with Crippen molar-refractivity contribution < 1.29 is 0 Å². The normalized spacial score (nSPS) is 10.9. The van der Waals surface area contributed by atoms with Gasteiger partial charge in [0.25, 0.3) is 0 Å². The van der Waals surface area contributed by atoms with Crippen molar-refractivity contribution in [3.05, 3.63) is 47.0 Å². The minimum absolute atomic E-state index is 0.925. The van der Waals surface area contributed by atoms with Crippen molar-refractivity contribution in [2.45, 2.75) is 26.9 Å². The summed E-state index contributed by atoms with van der Waals surface area (Å²) in [6.45, 7) is 8.22. The lowest BCUT2D eigenvalue weighted by atomic mass is 10.2. The van der Waals surface area contributed by atoms with Crippen LogP contribution < -0.4 is 5.32 Å². The lowest BCUT2D eigenvalue weighted by Gasteiger charge is -2.19. The van der Waals surface area contributed by atoms with Gasteiger partial charge in [-0.1, -0.05) is 37.3 Å². The number of hydrogen-bond acceptors (Lipinski definition) is 4. The third kappa shape index (κ3) is 4.33. The van der Waals surface area contributed by atoms with Gasteiger partial charge in [-0.2, -0.15) is 0 Å². The summed E-state index contributed by atoms with van der Waals surface area (Å²) in [6, 6.07) is 10.6. The van der Waals surface area contributed by atoms with Gasteiger partial charge < -0.3 is 5.32 Å². The zero-order valence-corrected chi connectivity index (χ0v) is 12.4. The number of nitrogens with zero attached hydrogens (tertiary/aromatic N) is 2. The van der Waals surface area contributed by atoms with E-state index >= 15 is 0 Å². The van der Waals surface area contributed by atoms with Gasteiger partial charge in [0, 0.05) is 30.7 Å². The van der Waals surface area contributed by atoms with E-state index in [1.807, 2.05) is 6.20 Å². The van der Waals surface area contributed by atoms with Crippen LogP contribution in [0, 0.1) is 0 Å². The van der Waals surface area contributed by atoms with Gasteiger partial charge in [0.15, 0.2) is 5.13 Å². The third-order valence-corrected chi connectivity index (χ3v) is 3.90. The van der Waals surface area contributed by atoms with Crippen molar-refractivity contribution in [3.63, 3.8) is 0 Å². The van der Waals surface area contributed by atoms with Crippen LogP contribution in [0.3, 0.4) is 0 Å². The van der Waals surface area contributed by atoms with Crippen LogP contribution in [0.4, 0.5) is 5.13 Å². The number of nitrogens with one attached hydrogen (secondary N) is 1. The Labute approximate surface area is 119 Å². The predicted octanol–water partition coefficient (Wildman–Crippen LogP) is 3.60. The van der Waals surface area contributed by atoms with Gasteiger partial charge in [0.2, 0.25) is 0 Å². The molecular weight excluding hydrogens is 254 g/mol.